The minimum Gasteiger partial charge on any atom is -0.497 e. The van der Waals surface area contributed by atoms with Crippen LogP contribution in [0.2, 0.25) is 0 Å². The molecule has 1 aromatic carbocycles. The molecule has 1 N–H and O–H groups in total. The Morgan fingerprint density at radius 2 is 2.05 bits per heavy atom. The molecule has 0 atom stereocenters. The van der Waals surface area contributed by atoms with Crippen LogP contribution in [0, 0.1) is 5.41 Å². The van der Waals surface area contributed by atoms with Gasteiger partial charge in [-0.25, -0.2) is 0 Å². The molecule has 1 aliphatic heterocycles. The highest BCUT2D eigenvalue weighted by molar-refractivity contribution is 5.79. The van der Waals surface area contributed by atoms with E-state index < -0.39 is 0 Å². The van der Waals surface area contributed by atoms with Gasteiger partial charge in [0.15, 0.2) is 5.96 Å². The van der Waals surface area contributed by atoms with Crippen LogP contribution >= 0.6 is 0 Å². The lowest BCUT2D eigenvalue weighted by atomic mass is 9.89. The highest BCUT2D eigenvalue weighted by Gasteiger charge is 2.33. The summed E-state index contributed by atoms with van der Waals surface area (Å²) in [5.41, 5.74) is 1.45. The van der Waals surface area contributed by atoms with E-state index in [0.29, 0.717) is 0 Å². The van der Waals surface area contributed by atoms with Crippen LogP contribution in [0.4, 0.5) is 0 Å². The van der Waals surface area contributed by atoms with E-state index in [-0.39, 0.29) is 5.41 Å². The molecule has 5 heteroatoms. The molecule has 0 spiro atoms. The van der Waals surface area contributed by atoms with E-state index in [1.165, 1.54) is 5.56 Å². The first-order chi connectivity index (χ1) is 10.1. The third-order valence-corrected chi connectivity index (χ3v) is 3.73. The summed E-state index contributed by atoms with van der Waals surface area (Å²) in [7, 11) is 5.53. The molecule has 1 heterocycles. The van der Waals surface area contributed by atoms with Gasteiger partial charge in [0, 0.05) is 32.6 Å². The smallest absolute Gasteiger partial charge is 0.193 e. The Balaban J connectivity index is 1.88. The van der Waals surface area contributed by atoms with Crippen LogP contribution < -0.4 is 10.1 Å². The largest absolute Gasteiger partial charge is 0.497 e. The summed E-state index contributed by atoms with van der Waals surface area (Å²) in [6.45, 7) is 5.54. The van der Waals surface area contributed by atoms with Crippen LogP contribution in [0.3, 0.4) is 0 Å². The van der Waals surface area contributed by atoms with Gasteiger partial charge < -0.3 is 19.7 Å². The van der Waals surface area contributed by atoms with Crippen LogP contribution in [-0.2, 0) is 11.3 Å². The number of benzene rings is 1. The quantitative estimate of drug-likeness (QED) is 0.663. The average molecular weight is 291 g/mol. The van der Waals surface area contributed by atoms with Gasteiger partial charge in [0.05, 0.1) is 20.3 Å². The SMILES string of the molecule is CN=C(NCC1(C)COC1)N(C)Cc1ccc(OC)cc1. The molecule has 1 saturated heterocycles. The summed E-state index contributed by atoms with van der Waals surface area (Å²) in [6, 6.07) is 8.10. The van der Waals surface area contributed by atoms with Gasteiger partial charge in [-0.1, -0.05) is 19.1 Å². The second-order valence-corrected chi connectivity index (χ2v) is 5.91. The molecule has 116 valence electrons. The highest BCUT2D eigenvalue weighted by Crippen LogP contribution is 2.25. The van der Waals surface area contributed by atoms with Gasteiger partial charge in [-0.2, -0.15) is 0 Å². The molecule has 2 rings (SSSR count). The predicted molar refractivity (Wildman–Crippen MR) is 84.7 cm³/mol. The zero-order chi connectivity index (χ0) is 15.3. The summed E-state index contributed by atoms with van der Waals surface area (Å²) in [5, 5.41) is 3.43. The molecule has 0 aliphatic carbocycles. The number of aliphatic imine (C=N–C) groups is 1. The number of ether oxygens (including phenoxy) is 2. The van der Waals surface area contributed by atoms with Crippen LogP contribution in [-0.4, -0.2) is 51.8 Å². The summed E-state index contributed by atoms with van der Waals surface area (Å²) in [4.78, 5) is 6.46. The van der Waals surface area contributed by atoms with E-state index in [9.17, 15) is 0 Å². The minimum atomic E-state index is 0.233. The van der Waals surface area contributed by atoms with Gasteiger partial charge in [-0.3, -0.25) is 4.99 Å². The van der Waals surface area contributed by atoms with E-state index in [4.69, 9.17) is 9.47 Å². The number of nitrogens with one attached hydrogen (secondary N) is 1. The second-order valence-electron chi connectivity index (χ2n) is 5.91. The van der Waals surface area contributed by atoms with Gasteiger partial charge >= 0.3 is 0 Å². The van der Waals surface area contributed by atoms with Gasteiger partial charge in [0.25, 0.3) is 0 Å². The molecule has 0 radical (unpaired) electrons. The van der Waals surface area contributed by atoms with Crippen LogP contribution in [0.5, 0.6) is 5.75 Å². The van der Waals surface area contributed by atoms with Gasteiger partial charge in [0.1, 0.15) is 5.75 Å². The van der Waals surface area contributed by atoms with Crippen molar-refractivity contribution in [3.8, 4) is 5.75 Å². The fraction of sp³-hybridized carbons (Fsp3) is 0.562. The normalized spacial score (nSPS) is 17.0. The number of rotatable bonds is 5. The van der Waals surface area contributed by atoms with Crippen LogP contribution in [0.25, 0.3) is 0 Å². The van der Waals surface area contributed by atoms with Gasteiger partial charge in [0.2, 0.25) is 0 Å². The average Bonchev–Trinajstić information content (AvgIpc) is 2.47. The van der Waals surface area contributed by atoms with E-state index >= 15 is 0 Å². The van der Waals surface area contributed by atoms with Crippen LogP contribution in [0.1, 0.15) is 12.5 Å². The Labute approximate surface area is 127 Å². The lowest BCUT2D eigenvalue weighted by Crippen LogP contribution is -2.51. The standard InChI is InChI=1S/C16H25N3O2/c1-16(11-21-12-16)10-18-15(17-2)19(3)9-13-5-7-14(20-4)8-6-13/h5-8H,9-12H2,1-4H3,(H,17,18). The molecule has 1 fully saturated rings. The van der Waals surface area contributed by atoms with Crippen molar-refractivity contribution in [1.29, 1.82) is 0 Å². The summed E-state index contributed by atoms with van der Waals surface area (Å²) >= 11 is 0. The van der Waals surface area contributed by atoms with Crippen molar-refractivity contribution in [3.05, 3.63) is 29.8 Å². The Bertz CT molecular complexity index is 481. The van der Waals surface area contributed by atoms with E-state index in [1.807, 2.05) is 26.2 Å². The number of nitrogens with zero attached hydrogens (tertiary/aromatic N) is 2. The fourth-order valence-corrected chi connectivity index (χ4v) is 2.31. The molecule has 0 bridgehead atoms. The van der Waals surface area contributed by atoms with E-state index in [2.05, 4.69) is 34.3 Å². The monoisotopic (exact) mass is 291 g/mol. The maximum atomic E-state index is 5.28. The van der Waals surface area contributed by atoms with E-state index in [0.717, 1.165) is 38.0 Å². The number of methoxy groups -OCH3 is 1. The van der Waals surface area contributed by atoms with Crippen molar-refractivity contribution < 1.29 is 9.47 Å². The fourth-order valence-electron chi connectivity index (χ4n) is 2.31. The van der Waals surface area contributed by atoms with Crippen molar-refractivity contribution in [2.75, 3.05) is 41.0 Å². The summed E-state index contributed by atoms with van der Waals surface area (Å²) in [6.07, 6.45) is 0. The molecular weight excluding hydrogens is 266 g/mol. The van der Waals surface area contributed by atoms with E-state index in [1.54, 1.807) is 7.11 Å². The van der Waals surface area contributed by atoms with Crippen molar-refractivity contribution in [3.63, 3.8) is 0 Å². The molecule has 0 amide bonds. The zero-order valence-electron chi connectivity index (χ0n) is 13.3. The van der Waals surface area contributed by atoms with Crippen molar-refractivity contribution in [1.82, 2.24) is 10.2 Å². The maximum absolute atomic E-state index is 5.28. The summed E-state index contributed by atoms with van der Waals surface area (Å²) in [5.74, 6) is 1.78. The Kier molecular flexibility index (Phi) is 5.07. The lowest BCUT2D eigenvalue weighted by Gasteiger charge is -2.39. The molecule has 0 aromatic heterocycles. The summed E-state index contributed by atoms with van der Waals surface area (Å²) < 4.78 is 10.5. The molecule has 0 unspecified atom stereocenters. The minimum absolute atomic E-state index is 0.233. The Morgan fingerprint density at radius 3 is 2.52 bits per heavy atom. The van der Waals surface area contributed by atoms with Crippen molar-refractivity contribution in [2.45, 2.75) is 13.5 Å². The third kappa shape index (κ3) is 4.11. The molecule has 0 saturated carbocycles. The molecule has 1 aliphatic rings. The molecule has 21 heavy (non-hydrogen) atoms. The lowest BCUT2D eigenvalue weighted by molar-refractivity contribution is -0.0972. The topological polar surface area (TPSA) is 46.1 Å². The number of guanidine groups is 1. The Morgan fingerprint density at radius 1 is 1.38 bits per heavy atom. The zero-order valence-corrected chi connectivity index (χ0v) is 13.3. The van der Waals surface area contributed by atoms with Gasteiger partial charge in [-0.05, 0) is 17.7 Å². The Hall–Kier alpha value is -1.75. The van der Waals surface area contributed by atoms with Crippen LogP contribution in [0.15, 0.2) is 29.3 Å². The first kappa shape index (κ1) is 15.6. The van der Waals surface area contributed by atoms with Crippen molar-refractivity contribution in [2.24, 2.45) is 10.4 Å². The molecule has 1 aromatic rings. The first-order valence-corrected chi connectivity index (χ1v) is 7.19. The number of hydrogen-bond acceptors (Lipinski definition) is 3. The second kappa shape index (κ2) is 6.80. The highest BCUT2D eigenvalue weighted by atomic mass is 16.5. The molecular formula is C16H25N3O2. The first-order valence-electron chi connectivity index (χ1n) is 7.19. The molecule has 5 nitrogen and oxygen atoms in total. The predicted octanol–water partition coefficient (Wildman–Crippen LogP) is 1.74. The van der Waals surface area contributed by atoms with Crippen molar-refractivity contribution >= 4 is 5.96 Å². The van der Waals surface area contributed by atoms with Gasteiger partial charge in [-0.15, -0.1) is 0 Å². The number of hydrogen-bond donors (Lipinski definition) is 1. The third-order valence-electron chi connectivity index (χ3n) is 3.73. The maximum Gasteiger partial charge on any atom is 0.193 e.